The molecule has 150 valence electrons. The highest BCUT2D eigenvalue weighted by Crippen LogP contribution is 2.43. The summed E-state index contributed by atoms with van der Waals surface area (Å²) in [6.07, 6.45) is 3.66. The number of pyridine rings is 2. The van der Waals surface area contributed by atoms with E-state index in [0.717, 1.165) is 33.3 Å². The van der Waals surface area contributed by atoms with E-state index in [1.807, 2.05) is 60.7 Å². The predicted molar refractivity (Wildman–Crippen MR) is 115 cm³/mol. The van der Waals surface area contributed by atoms with Gasteiger partial charge in [0.1, 0.15) is 5.75 Å². The number of fused-ring (bicyclic) bond motifs is 2. The Bertz CT molecular complexity index is 1200. The van der Waals surface area contributed by atoms with Gasteiger partial charge in [-0.15, -0.1) is 0 Å². The third kappa shape index (κ3) is 3.43. The maximum absolute atomic E-state index is 11.0. The van der Waals surface area contributed by atoms with Crippen LogP contribution in [0.15, 0.2) is 79.1 Å². The van der Waals surface area contributed by atoms with Crippen LogP contribution in [0.2, 0.25) is 0 Å². The molecule has 0 amide bonds. The first-order chi connectivity index (χ1) is 14.7. The number of nitrogens with zero attached hydrogens (tertiary/aromatic N) is 2. The largest absolute Gasteiger partial charge is 0.462 e. The molecule has 1 aliphatic heterocycles. The maximum atomic E-state index is 11.0. The Kier molecular flexibility index (Phi) is 4.69. The van der Waals surface area contributed by atoms with Crippen molar-refractivity contribution in [3.05, 3.63) is 90.3 Å². The zero-order chi connectivity index (χ0) is 20.6. The monoisotopic (exact) mass is 398 g/mol. The van der Waals surface area contributed by atoms with Gasteiger partial charge in [0.25, 0.3) is 0 Å². The van der Waals surface area contributed by atoms with Crippen LogP contribution in [0.4, 0.5) is 0 Å². The topological polar surface area (TPSA) is 64.5 Å². The molecule has 5 rings (SSSR count). The lowest BCUT2D eigenvalue weighted by Gasteiger charge is -2.39. The van der Waals surface area contributed by atoms with E-state index >= 15 is 0 Å². The minimum atomic E-state index is -0.932. The van der Waals surface area contributed by atoms with Crippen molar-refractivity contribution in [1.82, 2.24) is 9.97 Å². The van der Waals surface area contributed by atoms with Crippen LogP contribution >= 0.6 is 0 Å². The number of methoxy groups -OCH3 is 1. The molecule has 0 bridgehead atoms. The molecule has 1 aliphatic rings. The minimum absolute atomic E-state index is 0.333. The molecule has 0 spiro atoms. The number of aliphatic hydroxyl groups is 1. The zero-order valence-corrected chi connectivity index (χ0v) is 16.7. The molecular formula is C25H22N2O3. The fourth-order valence-electron chi connectivity index (χ4n) is 4.05. The van der Waals surface area contributed by atoms with Crippen LogP contribution in [0, 0.1) is 0 Å². The lowest BCUT2D eigenvalue weighted by molar-refractivity contribution is -0.193. The lowest BCUT2D eigenvalue weighted by Crippen LogP contribution is -2.45. The number of para-hydroxylation sites is 1. The highest BCUT2D eigenvalue weighted by atomic mass is 16.7. The third-order valence-electron chi connectivity index (χ3n) is 5.63. The van der Waals surface area contributed by atoms with Crippen molar-refractivity contribution in [1.29, 1.82) is 0 Å². The summed E-state index contributed by atoms with van der Waals surface area (Å²) >= 11 is 0. The number of hydrogen-bond donors (Lipinski definition) is 1. The standard InChI is InChI=1S/C25H22N2O3/c1-29-25(14-17-5-4-12-26-16-17)15-23(28)20-13-19(9-11-24(20)30-25)22-10-8-18-6-2-3-7-21(18)27-22/h2-13,16,23,28H,14-15H2,1H3. The number of benzene rings is 2. The van der Waals surface area contributed by atoms with Crippen LogP contribution in [-0.4, -0.2) is 28.0 Å². The molecule has 0 saturated heterocycles. The molecule has 1 N–H and O–H groups in total. The summed E-state index contributed by atoms with van der Waals surface area (Å²) < 4.78 is 12.0. The fourth-order valence-corrected chi connectivity index (χ4v) is 4.05. The molecule has 2 atom stereocenters. The lowest BCUT2D eigenvalue weighted by atomic mass is 9.91. The van der Waals surface area contributed by atoms with Gasteiger partial charge in [0.2, 0.25) is 5.79 Å². The molecule has 0 saturated carbocycles. The molecule has 0 aliphatic carbocycles. The number of rotatable bonds is 4. The molecule has 2 aromatic heterocycles. The highest BCUT2D eigenvalue weighted by molar-refractivity contribution is 5.81. The summed E-state index contributed by atoms with van der Waals surface area (Å²) in [5.41, 5.74) is 4.50. The average molecular weight is 398 g/mol. The van der Waals surface area contributed by atoms with E-state index in [0.29, 0.717) is 18.6 Å². The van der Waals surface area contributed by atoms with Crippen molar-refractivity contribution in [2.75, 3.05) is 7.11 Å². The molecule has 2 unspecified atom stereocenters. The number of aromatic nitrogens is 2. The molecular weight excluding hydrogens is 376 g/mol. The van der Waals surface area contributed by atoms with E-state index in [2.05, 4.69) is 11.1 Å². The van der Waals surface area contributed by atoms with Gasteiger partial charge in [-0.05, 0) is 42.0 Å². The normalized spacial score (nSPS) is 20.5. The van der Waals surface area contributed by atoms with Crippen LogP contribution in [-0.2, 0) is 11.2 Å². The van der Waals surface area contributed by atoms with Crippen molar-refractivity contribution in [2.24, 2.45) is 0 Å². The van der Waals surface area contributed by atoms with Gasteiger partial charge in [-0.3, -0.25) is 4.98 Å². The number of hydrogen-bond acceptors (Lipinski definition) is 5. The maximum Gasteiger partial charge on any atom is 0.217 e. The number of ether oxygens (including phenoxy) is 2. The van der Waals surface area contributed by atoms with E-state index in [1.165, 1.54) is 0 Å². The van der Waals surface area contributed by atoms with Gasteiger partial charge in [-0.1, -0.05) is 30.3 Å². The Morgan fingerprint density at radius 1 is 1.10 bits per heavy atom. The van der Waals surface area contributed by atoms with E-state index in [-0.39, 0.29) is 0 Å². The van der Waals surface area contributed by atoms with Crippen LogP contribution in [0.25, 0.3) is 22.2 Å². The van der Waals surface area contributed by atoms with Crippen molar-refractivity contribution in [3.8, 4) is 17.0 Å². The smallest absolute Gasteiger partial charge is 0.217 e. The first kappa shape index (κ1) is 18.7. The van der Waals surface area contributed by atoms with E-state index < -0.39 is 11.9 Å². The summed E-state index contributed by atoms with van der Waals surface area (Å²) in [7, 11) is 1.61. The van der Waals surface area contributed by atoms with Crippen molar-refractivity contribution in [2.45, 2.75) is 24.7 Å². The summed E-state index contributed by atoms with van der Waals surface area (Å²) in [5, 5.41) is 12.1. The Labute approximate surface area is 175 Å². The molecule has 30 heavy (non-hydrogen) atoms. The van der Waals surface area contributed by atoms with Crippen molar-refractivity contribution < 1.29 is 14.6 Å². The highest BCUT2D eigenvalue weighted by Gasteiger charge is 2.41. The van der Waals surface area contributed by atoms with Crippen LogP contribution in [0.5, 0.6) is 5.75 Å². The van der Waals surface area contributed by atoms with Crippen molar-refractivity contribution in [3.63, 3.8) is 0 Å². The Balaban J connectivity index is 1.48. The van der Waals surface area contributed by atoms with E-state index in [1.54, 1.807) is 19.5 Å². The van der Waals surface area contributed by atoms with Gasteiger partial charge in [0, 0.05) is 48.9 Å². The quantitative estimate of drug-likeness (QED) is 0.540. The molecule has 0 fully saturated rings. The third-order valence-corrected chi connectivity index (χ3v) is 5.63. The number of aliphatic hydroxyl groups excluding tert-OH is 1. The molecule has 5 nitrogen and oxygen atoms in total. The van der Waals surface area contributed by atoms with Gasteiger partial charge >= 0.3 is 0 Å². The second kappa shape index (κ2) is 7.52. The Hall–Kier alpha value is -3.28. The Morgan fingerprint density at radius 3 is 2.83 bits per heavy atom. The van der Waals surface area contributed by atoms with Crippen molar-refractivity contribution >= 4 is 10.9 Å². The average Bonchev–Trinajstić information content (AvgIpc) is 2.79. The summed E-state index contributed by atoms with van der Waals surface area (Å²) in [5.74, 6) is -0.304. The summed E-state index contributed by atoms with van der Waals surface area (Å²) in [6.45, 7) is 0. The first-order valence-electron chi connectivity index (χ1n) is 9.97. The summed E-state index contributed by atoms with van der Waals surface area (Å²) in [4.78, 5) is 8.93. The van der Waals surface area contributed by atoms with Gasteiger partial charge in [0.15, 0.2) is 0 Å². The summed E-state index contributed by atoms with van der Waals surface area (Å²) in [6, 6.07) is 21.8. The Morgan fingerprint density at radius 2 is 2.00 bits per heavy atom. The van der Waals surface area contributed by atoms with Gasteiger partial charge in [0.05, 0.1) is 17.3 Å². The molecule has 0 radical (unpaired) electrons. The zero-order valence-electron chi connectivity index (χ0n) is 16.7. The molecule has 4 aromatic rings. The van der Waals surface area contributed by atoms with Crippen LogP contribution in [0.1, 0.15) is 23.7 Å². The molecule has 2 aromatic carbocycles. The van der Waals surface area contributed by atoms with Gasteiger partial charge < -0.3 is 14.6 Å². The van der Waals surface area contributed by atoms with Gasteiger partial charge in [-0.25, -0.2) is 4.98 Å². The van der Waals surface area contributed by atoms with E-state index in [4.69, 9.17) is 14.5 Å². The molecule has 3 heterocycles. The SMILES string of the molecule is COC1(Cc2cccnc2)CC(O)c2cc(-c3ccc4ccccc4n3)ccc2O1. The first-order valence-corrected chi connectivity index (χ1v) is 9.97. The second-order valence-electron chi connectivity index (χ2n) is 7.62. The van der Waals surface area contributed by atoms with E-state index in [9.17, 15) is 5.11 Å². The van der Waals surface area contributed by atoms with Crippen LogP contribution in [0.3, 0.4) is 0 Å². The van der Waals surface area contributed by atoms with Gasteiger partial charge in [-0.2, -0.15) is 0 Å². The van der Waals surface area contributed by atoms with Crippen LogP contribution < -0.4 is 4.74 Å². The fraction of sp³-hybridized carbons (Fsp3) is 0.200. The molecule has 5 heteroatoms. The predicted octanol–water partition coefficient (Wildman–Crippen LogP) is 4.70. The second-order valence-corrected chi connectivity index (χ2v) is 7.62. The minimum Gasteiger partial charge on any atom is -0.462 e.